The molecule has 3 aromatic rings. The highest BCUT2D eigenvalue weighted by Gasteiger charge is 2.23. The average Bonchev–Trinajstić information content (AvgIpc) is 2.77. The summed E-state index contributed by atoms with van der Waals surface area (Å²) < 4.78 is 0. The van der Waals surface area contributed by atoms with Crippen LogP contribution in [0.1, 0.15) is 30.7 Å². The Hall–Kier alpha value is -2.06. The minimum Gasteiger partial charge on any atom is -0.358 e. The van der Waals surface area contributed by atoms with Crippen LogP contribution >= 0.6 is 0 Å². The summed E-state index contributed by atoms with van der Waals surface area (Å²) in [5, 5.41) is 1.23. The van der Waals surface area contributed by atoms with Gasteiger partial charge < -0.3 is 10.7 Å². The van der Waals surface area contributed by atoms with Gasteiger partial charge in [-0.1, -0.05) is 48.5 Å². The van der Waals surface area contributed by atoms with Crippen molar-refractivity contribution in [1.29, 1.82) is 0 Å². The molecule has 2 nitrogen and oxygen atoms in total. The first-order valence-electron chi connectivity index (χ1n) is 6.98. The van der Waals surface area contributed by atoms with Crippen molar-refractivity contribution in [3.8, 4) is 0 Å². The maximum atomic E-state index is 6.40. The van der Waals surface area contributed by atoms with Crippen LogP contribution in [0.3, 0.4) is 0 Å². The summed E-state index contributed by atoms with van der Waals surface area (Å²) in [4.78, 5) is 3.54. The van der Waals surface area contributed by atoms with E-state index in [-0.39, 0.29) is 5.54 Å². The first-order valence-corrected chi connectivity index (χ1v) is 6.98. The first-order chi connectivity index (χ1) is 9.55. The van der Waals surface area contributed by atoms with Gasteiger partial charge in [0, 0.05) is 34.1 Å². The lowest BCUT2D eigenvalue weighted by molar-refractivity contribution is 0.554. The van der Waals surface area contributed by atoms with Crippen LogP contribution in [0.5, 0.6) is 0 Å². The second-order valence-corrected chi connectivity index (χ2v) is 5.91. The van der Waals surface area contributed by atoms with Crippen LogP contribution in [0.25, 0.3) is 10.9 Å². The summed E-state index contributed by atoms with van der Waals surface area (Å²) in [6.07, 6.45) is 0.880. The Morgan fingerprint density at radius 3 is 2.30 bits per heavy atom. The molecule has 2 heteroatoms. The van der Waals surface area contributed by atoms with Crippen LogP contribution < -0.4 is 5.73 Å². The van der Waals surface area contributed by atoms with Gasteiger partial charge in [0.25, 0.3) is 0 Å². The Balaban J connectivity index is 2.15. The van der Waals surface area contributed by atoms with E-state index in [1.54, 1.807) is 0 Å². The molecule has 102 valence electrons. The minimum atomic E-state index is -0.357. The van der Waals surface area contributed by atoms with E-state index in [0.717, 1.165) is 11.9 Å². The van der Waals surface area contributed by atoms with Gasteiger partial charge in [0.2, 0.25) is 0 Å². The molecule has 0 aliphatic heterocycles. The topological polar surface area (TPSA) is 41.8 Å². The van der Waals surface area contributed by atoms with Crippen LogP contribution in [0, 0.1) is 0 Å². The van der Waals surface area contributed by atoms with Crippen LogP contribution in [0.2, 0.25) is 0 Å². The van der Waals surface area contributed by atoms with Crippen molar-refractivity contribution in [3.63, 3.8) is 0 Å². The van der Waals surface area contributed by atoms with Gasteiger partial charge in [0.1, 0.15) is 0 Å². The molecule has 0 fully saturated rings. The van der Waals surface area contributed by atoms with E-state index in [2.05, 4.69) is 67.4 Å². The van der Waals surface area contributed by atoms with Crippen LogP contribution in [-0.2, 0) is 12.0 Å². The SMILES string of the molecule is CC(C)(N)c1c(Cc2ccccc2)[nH]c2ccccc12. The normalized spacial score (nSPS) is 11.9. The molecule has 0 radical (unpaired) electrons. The Morgan fingerprint density at radius 2 is 1.60 bits per heavy atom. The fraction of sp³-hybridized carbons (Fsp3) is 0.222. The largest absolute Gasteiger partial charge is 0.358 e. The molecule has 0 aliphatic rings. The molecule has 0 atom stereocenters. The number of para-hydroxylation sites is 1. The fourth-order valence-corrected chi connectivity index (χ4v) is 2.87. The predicted molar refractivity (Wildman–Crippen MR) is 84.8 cm³/mol. The second kappa shape index (κ2) is 4.80. The third kappa shape index (κ3) is 2.35. The summed E-state index contributed by atoms with van der Waals surface area (Å²) in [5.74, 6) is 0. The number of nitrogens with one attached hydrogen (secondary N) is 1. The van der Waals surface area contributed by atoms with Gasteiger partial charge in [-0.05, 0) is 25.5 Å². The number of benzene rings is 2. The van der Waals surface area contributed by atoms with Gasteiger partial charge in [-0.25, -0.2) is 0 Å². The molecule has 1 heterocycles. The molecule has 0 saturated heterocycles. The summed E-state index contributed by atoms with van der Waals surface area (Å²) in [6, 6.07) is 18.9. The molecule has 3 N–H and O–H groups in total. The van der Waals surface area contributed by atoms with Gasteiger partial charge >= 0.3 is 0 Å². The van der Waals surface area contributed by atoms with E-state index in [1.807, 2.05) is 6.07 Å². The molecule has 0 saturated carbocycles. The lowest BCUT2D eigenvalue weighted by Crippen LogP contribution is -2.29. The molecule has 2 aromatic carbocycles. The molecule has 1 aromatic heterocycles. The maximum Gasteiger partial charge on any atom is 0.0459 e. The highest BCUT2D eigenvalue weighted by Crippen LogP contribution is 2.31. The smallest absolute Gasteiger partial charge is 0.0459 e. The molecule has 3 rings (SSSR count). The van der Waals surface area contributed by atoms with Gasteiger partial charge in [0.15, 0.2) is 0 Å². The summed E-state index contributed by atoms with van der Waals surface area (Å²) in [5.41, 5.74) is 10.9. The second-order valence-electron chi connectivity index (χ2n) is 5.91. The number of hydrogen-bond acceptors (Lipinski definition) is 1. The van der Waals surface area contributed by atoms with Crippen LogP contribution in [0.15, 0.2) is 54.6 Å². The van der Waals surface area contributed by atoms with Crippen molar-refractivity contribution < 1.29 is 0 Å². The van der Waals surface area contributed by atoms with Crippen molar-refractivity contribution in [2.45, 2.75) is 25.8 Å². The molecule has 0 bridgehead atoms. The number of hydrogen-bond donors (Lipinski definition) is 2. The molecular weight excluding hydrogens is 244 g/mol. The number of aromatic nitrogens is 1. The Bertz CT molecular complexity index is 718. The lowest BCUT2D eigenvalue weighted by atomic mass is 9.90. The molecule has 20 heavy (non-hydrogen) atoms. The zero-order chi connectivity index (χ0) is 14.2. The number of H-pyrrole nitrogens is 1. The standard InChI is InChI=1S/C18H20N2/c1-18(2,19)17-14-10-6-7-11-15(14)20-16(17)12-13-8-4-3-5-9-13/h3-11,20H,12,19H2,1-2H3. The summed E-state index contributed by atoms with van der Waals surface area (Å²) in [7, 11) is 0. The highest BCUT2D eigenvalue weighted by molar-refractivity contribution is 5.85. The van der Waals surface area contributed by atoms with Crippen LogP contribution in [-0.4, -0.2) is 4.98 Å². The minimum absolute atomic E-state index is 0.357. The van der Waals surface area contributed by atoms with E-state index in [0.29, 0.717) is 0 Å². The van der Waals surface area contributed by atoms with Crippen molar-refractivity contribution in [1.82, 2.24) is 4.98 Å². The third-order valence-electron chi connectivity index (χ3n) is 3.65. The zero-order valence-corrected chi connectivity index (χ0v) is 12.0. The molecular formula is C18H20N2. The number of nitrogens with two attached hydrogens (primary N) is 1. The molecule has 0 unspecified atom stereocenters. The highest BCUT2D eigenvalue weighted by atomic mass is 14.8. The van der Waals surface area contributed by atoms with E-state index < -0.39 is 0 Å². The van der Waals surface area contributed by atoms with Gasteiger partial charge in [-0.3, -0.25) is 0 Å². The summed E-state index contributed by atoms with van der Waals surface area (Å²) >= 11 is 0. The Kier molecular flexibility index (Phi) is 3.11. The van der Waals surface area contributed by atoms with E-state index in [1.165, 1.54) is 22.2 Å². The zero-order valence-electron chi connectivity index (χ0n) is 12.0. The molecule has 0 spiro atoms. The summed E-state index contributed by atoms with van der Waals surface area (Å²) in [6.45, 7) is 4.13. The van der Waals surface area contributed by atoms with Gasteiger partial charge in [-0.15, -0.1) is 0 Å². The Morgan fingerprint density at radius 1 is 0.950 bits per heavy atom. The maximum absolute atomic E-state index is 6.40. The first kappa shape index (κ1) is 12.9. The number of aromatic amines is 1. The third-order valence-corrected chi connectivity index (χ3v) is 3.65. The quantitative estimate of drug-likeness (QED) is 0.739. The van der Waals surface area contributed by atoms with E-state index in [9.17, 15) is 0 Å². The van der Waals surface area contributed by atoms with Crippen molar-refractivity contribution in [3.05, 3.63) is 71.4 Å². The van der Waals surface area contributed by atoms with Crippen molar-refractivity contribution in [2.24, 2.45) is 5.73 Å². The number of rotatable bonds is 3. The molecule has 0 amide bonds. The molecule has 0 aliphatic carbocycles. The van der Waals surface area contributed by atoms with E-state index >= 15 is 0 Å². The Labute approximate surface area is 119 Å². The predicted octanol–water partition coefficient (Wildman–Crippen LogP) is 3.95. The number of fused-ring (bicyclic) bond motifs is 1. The van der Waals surface area contributed by atoms with Crippen molar-refractivity contribution in [2.75, 3.05) is 0 Å². The van der Waals surface area contributed by atoms with Gasteiger partial charge in [0.05, 0.1) is 0 Å². The van der Waals surface area contributed by atoms with Crippen molar-refractivity contribution >= 4 is 10.9 Å². The average molecular weight is 264 g/mol. The monoisotopic (exact) mass is 264 g/mol. The van der Waals surface area contributed by atoms with E-state index in [4.69, 9.17) is 5.73 Å². The fourth-order valence-electron chi connectivity index (χ4n) is 2.87. The van der Waals surface area contributed by atoms with Crippen LogP contribution in [0.4, 0.5) is 0 Å². The lowest BCUT2D eigenvalue weighted by Gasteiger charge is -2.20. The van der Waals surface area contributed by atoms with Gasteiger partial charge in [-0.2, -0.15) is 0 Å².